The van der Waals surface area contributed by atoms with E-state index in [1.807, 2.05) is 24.3 Å². The summed E-state index contributed by atoms with van der Waals surface area (Å²) in [6, 6.07) is 16.3. The van der Waals surface area contributed by atoms with Crippen LogP contribution in [0.25, 0.3) is 11.1 Å². The molecule has 0 heterocycles. The molecule has 2 aliphatic carbocycles. The fourth-order valence-electron chi connectivity index (χ4n) is 4.95. The molecule has 34 heavy (non-hydrogen) atoms. The molecule has 2 amide bonds. The van der Waals surface area contributed by atoms with Crippen LogP contribution < -0.4 is 10.6 Å². The highest BCUT2D eigenvalue weighted by atomic mass is 16.5. The van der Waals surface area contributed by atoms with Crippen LogP contribution in [-0.2, 0) is 19.1 Å². The van der Waals surface area contributed by atoms with E-state index in [2.05, 4.69) is 34.9 Å². The molecule has 2 aromatic carbocycles. The van der Waals surface area contributed by atoms with Crippen molar-refractivity contribution in [3.63, 3.8) is 0 Å². The lowest BCUT2D eigenvalue weighted by Gasteiger charge is -2.15. The van der Waals surface area contributed by atoms with Gasteiger partial charge in [-0.25, -0.2) is 4.79 Å². The number of amides is 2. The number of carboxylic acids is 1. The van der Waals surface area contributed by atoms with Gasteiger partial charge < -0.3 is 25.2 Å². The standard InChI is InChI=1S/C26H30N2O6/c29-24(28-18-10-9-17(13-18)14-25(30)31)16-33-12-11-27-26(32)34-15-23-21-7-3-1-5-19(21)20-6-2-4-8-22(20)23/h1-8,17-18,23H,9-16H2,(H,27,32)(H,28,29)(H,30,31). The van der Waals surface area contributed by atoms with E-state index in [-0.39, 0.29) is 56.6 Å². The second kappa shape index (κ2) is 11.2. The van der Waals surface area contributed by atoms with Crippen molar-refractivity contribution in [2.24, 2.45) is 5.92 Å². The number of carboxylic acid groups (broad SMARTS) is 1. The van der Waals surface area contributed by atoms with Crippen LogP contribution in [0.4, 0.5) is 4.79 Å². The predicted octanol–water partition coefficient (Wildman–Crippen LogP) is 3.30. The first kappa shape index (κ1) is 23.8. The molecule has 3 N–H and O–H groups in total. The molecule has 2 aromatic rings. The fourth-order valence-corrected chi connectivity index (χ4v) is 4.95. The Balaban J connectivity index is 1.12. The highest BCUT2D eigenvalue weighted by Gasteiger charge is 2.29. The number of ether oxygens (including phenoxy) is 2. The molecular formula is C26H30N2O6. The van der Waals surface area contributed by atoms with Gasteiger partial charge in [-0.1, -0.05) is 48.5 Å². The molecule has 2 unspecified atom stereocenters. The number of nitrogens with one attached hydrogen (secondary N) is 2. The Hall–Kier alpha value is -3.39. The van der Waals surface area contributed by atoms with E-state index in [1.165, 1.54) is 11.1 Å². The monoisotopic (exact) mass is 466 g/mol. The van der Waals surface area contributed by atoms with Crippen molar-refractivity contribution in [3.8, 4) is 11.1 Å². The van der Waals surface area contributed by atoms with Crippen LogP contribution in [0, 0.1) is 5.92 Å². The minimum absolute atomic E-state index is 0.000554. The maximum Gasteiger partial charge on any atom is 0.407 e. The van der Waals surface area contributed by atoms with Gasteiger partial charge in [0.1, 0.15) is 13.2 Å². The number of benzene rings is 2. The molecule has 0 spiro atoms. The summed E-state index contributed by atoms with van der Waals surface area (Å²) in [5.74, 6) is -0.916. The van der Waals surface area contributed by atoms with Gasteiger partial charge in [0.15, 0.2) is 0 Å². The van der Waals surface area contributed by atoms with E-state index in [0.29, 0.717) is 6.42 Å². The molecule has 8 heteroatoms. The average Bonchev–Trinajstić information content (AvgIpc) is 3.38. The van der Waals surface area contributed by atoms with Crippen LogP contribution in [0.3, 0.4) is 0 Å². The maximum atomic E-state index is 12.1. The summed E-state index contributed by atoms with van der Waals surface area (Å²) in [7, 11) is 0. The summed E-state index contributed by atoms with van der Waals surface area (Å²) in [4.78, 5) is 35.0. The minimum atomic E-state index is -0.802. The van der Waals surface area contributed by atoms with Gasteiger partial charge in [-0.2, -0.15) is 0 Å². The van der Waals surface area contributed by atoms with Crippen LogP contribution in [0.2, 0.25) is 0 Å². The Morgan fingerprint density at radius 2 is 1.65 bits per heavy atom. The fraction of sp³-hybridized carbons (Fsp3) is 0.423. The van der Waals surface area contributed by atoms with E-state index in [9.17, 15) is 14.4 Å². The number of carbonyl (C=O) groups excluding carboxylic acids is 2. The molecule has 0 bridgehead atoms. The average molecular weight is 467 g/mol. The van der Waals surface area contributed by atoms with E-state index in [1.54, 1.807) is 0 Å². The van der Waals surface area contributed by atoms with Crippen LogP contribution >= 0.6 is 0 Å². The van der Waals surface area contributed by atoms with E-state index in [0.717, 1.165) is 24.0 Å². The van der Waals surface area contributed by atoms with E-state index in [4.69, 9.17) is 14.6 Å². The van der Waals surface area contributed by atoms with Crippen molar-refractivity contribution in [2.45, 2.75) is 37.6 Å². The maximum absolute atomic E-state index is 12.1. The Bertz CT molecular complexity index is 994. The van der Waals surface area contributed by atoms with Gasteiger partial charge >= 0.3 is 12.1 Å². The number of hydrogen-bond acceptors (Lipinski definition) is 5. The summed E-state index contributed by atoms with van der Waals surface area (Å²) in [5.41, 5.74) is 4.66. The molecule has 1 fully saturated rings. The van der Waals surface area contributed by atoms with Crippen LogP contribution in [0.5, 0.6) is 0 Å². The number of carbonyl (C=O) groups is 3. The molecule has 0 aromatic heterocycles. The summed E-state index contributed by atoms with van der Waals surface area (Å²) in [5, 5.41) is 14.4. The zero-order valence-corrected chi connectivity index (χ0v) is 19.0. The van der Waals surface area contributed by atoms with Crippen molar-refractivity contribution in [2.75, 3.05) is 26.4 Å². The van der Waals surface area contributed by atoms with Crippen LogP contribution in [0.15, 0.2) is 48.5 Å². The van der Waals surface area contributed by atoms with Gasteiger partial charge in [0.2, 0.25) is 5.91 Å². The van der Waals surface area contributed by atoms with E-state index < -0.39 is 12.1 Å². The summed E-state index contributed by atoms with van der Waals surface area (Å²) in [6.07, 6.45) is 1.89. The number of alkyl carbamates (subject to hydrolysis) is 1. The van der Waals surface area contributed by atoms with Crippen LogP contribution in [0.1, 0.15) is 42.7 Å². The third kappa shape index (κ3) is 5.94. The van der Waals surface area contributed by atoms with E-state index >= 15 is 0 Å². The van der Waals surface area contributed by atoms with Crippen molar-refractivity contribution in [3.05, 3.63) is 59.7 Å². The molecule has 2 atom stereocenters. The zero-order chi connectivity index (χ0) is 23.9. The summed E-state index contributed by atoms with van der Waals surface area (Å²) in [6.45, 7) is 0.553. The number of fused-ring (bicyclic) bond motifs is 3. The summed E-state index contributed by atoms with van der Waals surface area (Å²) >= 11 is 0. The Kier molecular flexibility index (Phi) is 7.80. The molecule has 4 rings (SSSR count). The first-order chi connectivity index (χ1) is 16.5. The van der Waals surface area contributed by atoms with Gasteiger partial charge in [0.25, 0.3) is 0 Å². The van der Waals surface area contributed by atoms with Gasteiger partial charge in [-0.15, -0.1) is 0 Å². The smallest absolute Gasteiger partial charge is 0.407 e. The first-order valence-electron chi connectivity index (χ1n) is 11.7. The number of hydrogen-bond donors (Lipinski definition) is 3. The van der Waals surface area contributed by atoms with Crippen LogP contribution in [-0.4, -0.2) is 55.5 Å². The molecule has 2 aliphatic rings. The third-order valence-corrected chi connectivity index (χ3v) is 6.46. The van der Waals surface area contributed by atoms with Gasteiger partial charge in [0.05, 0.1) is 6.61 Å². The van der Waals surface area contributed by atoms with Crippen molar-refractivity contribution in [1.29, 1.82) is 0 Å². The lowest BCUT2D eigenvalue weighted by atomic mass is 9.98. The van der Waals surface area contributed by atoms with Crippen molar-refractivity contribution < 1.29 is 29.0 Å². The Morgan fingerprint density at radius 1 is 0.971 bits per heavy atom. The van der Waals surface area contributed by atoms with Crippen molar-refractivity contribution >= 4 is 18.0 Å². The van der Waals surface area contributed by atoms with Crippen molar-refractivity contribution in [1.82, 2.24) is 10.6 Å². The minimum Gasteiger partial charge on any atom is -0.481 e. The lowest BCUT2D eigenvalue weighted by molar-refractivity contribution is -0.138. The lowest BCUT2D eigenvalue weighted by Crippen LogP contribution is -2.36. The molecule has 0 saturated heterocycles. The molecule has 0 aliphatic heterocycles. The third-order valence-electron chi connectivity index (χ3n) is 6.46. The molecule has 8 nitrogen and oxygen atoms in total. The zero-order valence-electron chi connectivity index (χ0n) is 19.0. The van der Waals surface area contributed by atoms with Gasteiger partial charge in [0, 0.05) is 24.9 Å². The molecule has 1 saturated carbocycles. The normalized spacial score (nSPS) is 18.7. The van der Waals surface area contributed by atoms with Gasteiger partial charge in [-0.05, 0) is 47.4 Å². The first-order valence-corrected chi connectivity index (χ1v) is 11.7. The highest BCUT2D eigenvalue weighted by Crippen LogP contribution is 2.44. The quantitative estimate of drug-likeness (QED) is 0.463. The largest absolute Gasteiger partial charge is 0.481 e. The molecular weight excluding hydrogens is 436 g/mol. The SMILES string of the molecule is O=C(O)CC1CCC(NC(=O)COCCNC(=O)OCC2c3ccccc3-c3ccccc32)C1. The predicted molar refractivity (Wildman–Crippen MR) is 125 cm³/mol. The second-order valence-electron chi connectivity index (χ2n) is 8.85. The Labute approximate surface area is 198 Å². The Morgan fingerprint density at radius 3 is 2.32 bits per heavy atom. The summed E-state index contributed by atoms with van der Waals surface area (Å²) < 4.78 is 10.8. The topological polar surface area (TPSA) is 114 Å². The molecule has 180 valence electrons. The highest BCUT2D eigenvalue weighted by molar-refractivity contribution is 5.79. The number of aliphatic carboxylic acids is 1. The second-order valence-corrected chi connectivity index (χ2v) is 8.85. The van der Waals surface area contributed by atoms with Gasteiger partial charge in [-0.3, -0.25) is 9.59 Å². The molecule has 0 radical (unpaired) electrons. The number of rotatable bonds is 10.